The molecule has 2 aliphatic carbocycles. The fourth-order valence-corrected chi connectivity index (χ4v) is 5.90. The minimum atomic E-state index is -3.42. The summed E-state index contributed by atoms with van der Waals surface area (Å²) in [5, 5.41) is 10.8. The van der Waals surface area contributed by atoms with Crippen LogP contribution in [0.5, 0.6) is 0 Å². The SMILES string of the molecule is [2H]C1([2H])N(c2ccc3c(c2)C(C)(C)C2=CC(=[N+]4C([2H])([2H])C([2H])([2H])C([2H])([2H])C4([2H])[2H])C=CC2=C3c2cc(C(=O)ON3C(=O)CCC3=O)ccc2C(=O)O)C([2H])([2H])C([2H])([2H])C1([2H])[2H]. The molecule has 45 heavy (non-hydrogen) atoms. The molecule has 2 aromatic carbocycles. The predicted octanol–water partition coefficient (Wildman–Crippen LogP) is 5.04. The van der Waals surface area contributed by atoms with Gasteiger partial charge in [-0.2, -0.15) is 0 Å². The number of anilines is 1. The quantitative estimate of drug-likeness (QED) is 0.368. The van der Waals surface area contributed by atoms with E-state index >= 15 is 0 Å². The third kappa shape index (κ3) is 4.90. The number of benzene rings is 2. The summed E-state index contributed by atoms with van der Waals surface area (Å²) in [6.07, 6.45) is -10.4. The Morgan fingerprint density at radius 3 is 2.33 bits per heavy atom. The van der Waals surface area contributed by atoms with Crippen LogP contribution in [0.1, 0.15) is 112 Å². The number of hydrogen-bond acceptors (Lipinski definition) is 6. The van der Waals surface area contributed by atoms with E-state index in [9.17, 15) is 24.3 Å². The van der Waals surface area contributed by atoms with E-state index in [0.29, 0.717) is 9.48 Å². The Morgan fingerprint density at radius 2 is 1.64 bits per heavy atom. The summed E-state index contributed by atoms with van der Waals surface area (Å²) >= 11 is 0. The van der Waals surface area contributed by atoms with E-state index in [1.54, 1.807) is 13.8 Å². The Hall–Kier alpha value is -4.79. The molecule has 0 radical (unpaired) electrons. The van der Waals surface area contributed by atoms with Crippen LogP contribution in [-0.2, 0) is 19.8 Å². The number of carbonyl (C=O) groups excluding carboxylic acids is 3. The van der Waals surface area contributed by atoms with Crippen LogP contribution in [0.25, 0.3) is 5.57 Å². The van der Waals surface area contributed by atoms with Crippen molar-refractivity contribution < 1.29 is 55.6 Å². The number of carboxylic acids is 1. The molecule has 2 aromatic rings. The van der Waals surface area contributed by atoms with Gasteiger partial charge in [0.15, 0.2) is 5.71 Å². The Bertz CT molecular complexity index is 2450. The molecule has 0 spiro atoms. The van der Waals surface area contributed by atoms with Gasteiger partial charge in [-0.1, -0.05) is 19.9 Å². The molecule has 0 unspecified atom stereocenters. The van der Waals surface area contributed by atoms with Gasteiger partial charge in [0.1, 0.15) is 18.5 Å². The Balaban J connectivity index is 1.54. The minimum absolute atomic E-state index is 0.0130. The molecule has 9 nitrogen and oxygen atoms in total. The van der Waals surface area contributed by atoms with Gasteiger partial charge in [0.2, 0.25) is 0 Å². The number of carboxylic acid groups (broad SMARTS) is 1. The highest BCUT2D eigenvalue weighted by molar-refractivity contribution is 6.09. The molecule has 2 amide bonds. The maximum absolute atomic E-state index is 13.4. The lowest BCUT2D eigenvalue weighted by Crippen LogP contribution is -2.32. The normalized spacial score (nSPS) is 34.8. The first-order valence-electron chi connectivity index (χ1n) is 21.9. The van der Waals surface area contributed by atoms with E-state index in [1.165, 1.54) is 36.4 Å². The first-order valence-corrected chi connectivity index (χ1v) is 13.9. The Labute approximate surface area is 284 Å². The largest absolute Gasteiger partial charge is 0.478 e. The topological polar surface area (TPSA) is 107 Å². The van der Waals surface area contributed by atoms with Crippen LogP contribution >= 0.6 is 0 Å². The summed E-state index contributed by atoms with van der Waals surface area (Å²) in [5.41, 5.74) is -2.53. The standard InChI is InChI=1S/C36H35N3O6/c1-36(2)29-20-23(37-15-3-4-16-37)8-11-26(29)33(27-12-9-24(21-30(27)36)38-17-5-6-18-38)28-19-22(7-10-25(28)34(42)43)35(44)45-39-31(40)13-14-32(39)41/h7-12,19-21H,3-6,13-18H2,1-2H3/p+1/i3D2,4D2,5D2,6D2,15D2,16D2,17D2,18D2. The predicted molar refractivity (Wildman–Crippen MR) is 168 cm³/mol. The second-order valence-electron chi connectivity index (χ2n) is 11.1. The molecule has 0 bridgehead atoms. The average Bonchev–Trinajstić information content (AvgIpc) is 3.51. The molecule has 0 saturated carbocycles. The second kappa shape index (κ2) is 11.0. The lowest BCUT2D eigenvalue weighted by Gasteiger charge is -2.40. The molecule has 1 N–H and O–H groups in total. The van der Waals surface area contributed by atoms with Crippen molar-refractivity contribution in [1.82, 2.24) is 5.06 Å². The van der Waals surface area contributed by atoms with Crippen molar-refractivity contribution in [1.29, 1.82) is 0 Å². The van der Waals surface area contributed by atoms with Crippen LogP contribution in [0.2, 0.25) is 0 Å². The van der Waals surface area contributed by atoms with Crippen LogP contribution in [0.15, 0.2) is 65.8 Å². The van der Waals surface area contributed by atoms with Crippen molar-refractivity contribution in [2.45, 2.75) is 57.6 Å². The Kier molecular flexibility index (Phi) is 3.90. The van der Waals surface area contributed by atoms with Crippen LogP contribution < -0.4 is 4.90 Å². The molecule has 9 heteroatoms. The summed E-state index contributed by atoms with van der Waals surface area (Å²) < 4.78 is 136. The lowest BCUT2D eigenvalue weighted by atomic mass is 9.64. The number of amides is 2. The van der Waals surface area contributed by atoms with Crippen molar-refractivity contribution in [3.8, 4) is 0 Å². The van der Waals surface area contributed by atoms with E-state index in [4.69, 9.17) is 26.8 Å². The van der Waals surface area contributed by atoms with E-state index in [-0.39, 0.29) is 68.3 Å². The van der Waals surface area contributed by atoms with Gasteiger partial charge in [-0.3, -0.25) is 9.59 Å². The number of rotatable bonds is 5. The third-order valence-electron chi connectivity index (χ3n) is 8.14. The number of hydroxylamine groups is 2. The zero-order valence-corrected chi connectivity index (χ0v) is 23.9. The molecule has 7 rings (SSSR count). The number of nitrogens with zero attached hydrogens (tertiary/aromatic N) is 3. The van der Waals surface area contributed by atoms with E-state index < -0.39 is 86.2 Å². The van der Waals surface area contributed by atoms with Gasteiger partial charge >= 0.3 is 11.9 Å². The van der Waals surface area contributed by atoms with E-state index in [0.717, 1.165) is 18.2 Å². The van der Waals surface area contributed by atoms with Crippen LogP contribution in [0.4, 0.5) is 5.69 Å². The van der Waals surface area contributed by atoms with E-state index in [1.807, 2.05) is 0 Å². The van der Waals surface area contributed by atoms with Gasteiger partial charge in [0.05, 0.1) is 11.1 Å². The van der Waals surface area contributed by atoms with Crippen LogP contribution in [0.3, 0.4) is 0 Å². The van der Waals surface area contributed by atoms with Crippen molar-refractivity contribution in [3.05, 3.63) is 93.6 Å². The summed E-state index contributed by atoms with van der Waals surface area (Å²) in [6.45, 7) is -10.1. The van der Waals surface area contributed by atoms with Crippen molar-refractivity contribution in [3.63, 3.8) is 0 Å². The van der Waals surface area contributed by atoms with E-state index in [2.05, 4.69) is 0 Å². The highest BCUT2D eigenvalue weighted by Gasteiger charge is 2.40. The van der Waals surface area contributed by atoms with Crippen molar-refractivity contribution in [2.24, 2.45) is 0 Å². The number of aromatic carboxylic acids is 1. The zero-order valence-electron chi connectivity index (χ0n) is 39.9. The number of allylic oxidation sites excluding steroid dienone is 5. The molecule has 3 aliphatic heterocycles. The van der Waals surface area contributed by atoms with Gasteiger partial charge in [-0.15, -0.1) is 5.06 Å². The first kappa shape index (κ1) is 16.0. The fourth-order valence-electron chi connectivity index (χ4n) is 5.90. The van der Waals surface area contributed by atoms with Gasteiger partial charge in [-0.05, 0) is 82.6 Å². The van der Waals surface area contributed by atoms with Gasteiger partial charge in [-0.25, -0.2) is 14.2 Å². The molecule has 230 valence electrons. The summed E-state index contributed by atoms with van der Waals surface area (Å²) in [4.78, 5) is 56.3. The monoisotopic (exact) mass is 622 g/mol. The maximum atomic E-state index is 13.4. The zero-order chi connectivity index (χ0) is 45.8. The van der Waals surface area contributed by atoms with Crippen LogP contribution in [0, 0.1) is 0 Å². The Morgan fingerprint density at radius 1 is 0.933 bits per heavy atom. The summed E-state index contributed by atoms with van der Waals surface area (Å²) in [7, 11) is 0. The molecular weight excluding hydrogens is 570 g/mol. The molecule has 5 aliphatic rings. The smallest absolute Gasteiger partial charge is 0.363 e. The lowest BCUT2D eigenvalue weighted by molar-refractivity contribution is -0.504. The maximum Gasteiger partial charge on any atom is 0.363 e. The number of hydrogen-bond donors (Lipinski definition) is 1. The van der Waals surface area contributed by atoms with Gasteiger partial charge in [0.25, 0.3) is 11.8 Å². The molecule has 0 aromatic heterocycles. The first-order chi connectivity index (χ1) is 27.7. The highest BCUT2D eigenvalue weighted by atomic mass is 16.7. The molecular formula is C36H36N3O6+. The number of fused-ring (bicyclic) bond motifs is 2. The molecule has 3 saturated heterocycles. The fraction of sp³-hybridized carbons (Fsp3) is 0.361. The third-order valence-corrected chi connectivity index (χ3v) is 8.14. The van der Waals surface area contributed by atoms with Crippen molar-refractivity contribution in [2.75, 3.05) is 30.9 Å². The molecule has 3 fully saturated rings. The molecule has 3 heterocycles. The minimum Gasteiger partial charge on any atom is -0.478 e. The van der Waals surface area contributed by atoms with Gasteiger partial charge in [0, 0.05) is 78.3 Å². The second-order valence-corrected chi connectivity index (χ2v) is 11.1. The summed E-state index contributed by atoms with van der Waals surface area (Å²) in [6, 6.07) is 6.94. The number of carbonyl (C=O) groups is 4. The highest BCUT2D eigenvalue weighted by Crippen LogP contribution is 2.51. The van der Waals surface area contributed by atoms with Crippen LogP contribution in [-0.4, -0.2) is 70.2 Å². The number of imide groups is 1. The van der Waals surface area contributed by atoms with Crippen molar-refractivity contribution >= 4 is 40.7 Å². The average molecular weight is 623 g/mol. The summed E-state index contributed by atoms with van der Waals surface area (Å²) in [5.74, 6) is -4.33. The molecule has 0 atom stereocenters. The van der Waals surface area contributed by atoms with Gasteiger partial charge < -0.3 is 14.8 Å².